The average molecular weight is 510 g/mol. The second-order valence-electron chi connectivity index (χ2n) is 7.18. The van der Waals surface area contributed by atoms with Crippen LogP contribution in [0.25, 0.3) is 0 Å². The maximum Gasteiger partial charge on any atom is 0.220 e. The fourth-order valence-electron chi connectivity index (χ4n) is 3.67. The molecule has 1 aliphatic heterocycles. The topological polar surface area (TPSA) is 74.5 Å². The molecule has 7 nitrogen and oxygen atoms in total. The molecule has 1 saturated heterocycles. The van der Waals surface area contributed by atoms with Crippen LogP contribution in [0.3, 0.4) is 0 Å². The molecule has 1 aromatic heterocycles. The molecule has 1 amide bonds. The fraction of sp³-hybridized carbons (Fsp3) is 0.476. The van der Waals surface area contributed by atoms with E-state index in [-0.39, 0.29) is 29.9 Å². The van der Waals surface area contributed by atoms with Crippen LogP contribution in [0.1, 0.15) is 30.4 Å². The molecule has 0 unspecified atom stereocenters. The Kier molecular flexibility index (Phi) is 9.43. The van der Waals surface area contributed by atoms with Crippen LogP contribution in [0.2, 0.25) is 0 Å². The van der Waals surface area contributed by atoms with Gasteiger partial charge in [-0.15, -0.1) is 24.0 Å². The molecule has 0 radical (unpaired) electrons. The van der Waals surface area contributed by atoms with Crippen LogP contribution in [-0.4, -0.2) is 53.7 Å². The minimum absolute atomic E-state index is 0. The third-order valence-corrected chi connectivity index (χ3v) is 5.33. The Morgan fingerprint density at radius 3 is 2.55 bits per heavy atom. The van der Waals surface area contributed by atoms with Crippen molar-refractivity contribution in [2.45, 2.75) is 32.4 Å². The Morgan fingerprint density at radius 1 is 1.21 bits per heavy atom. The lowest BCUT2D eigenvalue weighted by molar-refractivity contribution is -0.121. The number of halogens is 1. The zero-order valence-corrected chi connectivity index (χ0v) is 19.5. The van der Waals surface area contributed by atoms with E-state index in [0.717, 1.165) is 45.0 Å². The first-order valence-electron chi connectivity index (χ1n) is 9.90. The van der Waals surface area contributed by atoms with Crippen molar-refractivity contribution < 1.29 is 4.79 Å². The van der Waals surface area contributed by atoms with Gasteiger partial charge >= 0.3 is 0 Å². The van der Waals surface area contributed by atoms with Crippen LogP contribution in [-0.2, 0) is 17.9 Å². The van der Waals surface area contributed by atoms with Crippen molar-refractivity contribution in [3.05, 3.63) is 53.9 Å². The molecule has 158 valence electrons. The van der Waals surface area contributed by atoms with Gasteiger partial charge in [-0.2, -0.15) is 5.10 Å². The average Bonchev–Trinajstić information content (AvgIpc) is 3.23. The highest BCUT2D eigenvalue weighted by atomic mass is 127. The van der Waals surface area contributed by atoms with Gasteiger partial charge in [0.05, 0.1) is 6.54 Å². The van der Waals surface area contributed by atoms with E-state index < -0.39 is 0 Å². The summed E-state index contributed by atoms with van der Waals surface area (Å²) in [6.07, 6.45) is 6.44. The highest BCUT2D eigenvalue weighted by Gasteiger charge is 2.23. The van der Waals surface area contributed by atoms with E-state index in [4.69, 9.17) is 0 Å². The number of benzene rings is 1. The molecule has 0 saturated carbocycles. The predicted molar refractivity (Wildman–Crippen MR) is 126 cm³/mol. The number of hydrogen-bond donors (Lipinski definition) is 2. The molecular formula is C21H31IN6O. The van der Waals surface area contributed by atoms with Gasteiger partial charge < -0.3 is 15.5 Å². The number of aromatic nitrogens is 2. The van der Waals surface area contributed by atoms with Crippen LogP contribution in [0.15, 0.2) is 47.7 Å². The summed E-state index contributed by atoms with van der Waals surface area (Å²) in [5.74, 6) is 1.52. The maximum atomic E-state index is 11.6. The molecule has 3 rings (SSSR count). The van der Waals surface area contributed by atoms with E-state index in [2.05, 4.69) is 49.9 Å². The molecule has 2 aromatic rings. The minimum Gasteiger partial charge on any atom is -0.359 e. The van der Waals surface area contributed by atoms with Gasteiger partial charge in [-0.25, -0.2) is 0 Å². The zero-order chi connectivity index (χ0) is 19.8. The number of aliphatic imine (C=N–C) groups is 1. The number of piperidine rings is 1. The monoisotopic (exact) mass is 510 g/mol. The van der Waals surface area contributed by atoms with Gasteiger partial charge in [0, 0.05) is 52.5 Å². The minimum atomic E-state index is 0. The third-order valence-electron chi connectivity index (χ3n) is 5.33. The molecule has 1 aliphatic rings. The van der Waals surface area contributed by atoms with Crippen molar-refractivity contribution in [2.75, 3.05) is 27.2 Å². The third kappa shape index (κ3) is 6.73. The van der Waals surface area contributed by atoms with Crippen molar-refractivity contribution in [3.8, 4) is 0 Å². The summed E-state index contributed by atoms with van der Waals surface area (Å²) in [7, 11) is 3.53. The Hall–Kier alpha value is -2.10. The number of guanidine groups is 1. The van der Waals surface area contributed by atoms with Crippen molar-refractivity contribution in [3.63, 3.8) is 0 Å². The van der Waals surface area contributed by atoms with Crippen LogP contribution < -0.4 is 10.6 Å². The van der Waals surface area contributed by atoms with Crippen LogP contribution in [0.4, 0.5) is 0 Å². The summed E-state index contributed by atoms with van der Waals surface area (Å²) in [5.41, 5.74) is 2.49. The molecule has 8 heteroatoms. The van der Waals surface area contributed by atoms with Crippen LogP contribution in [0, 0.1) is 5.92 Å². The van der Waals surface area contributed by atoms with E-state index in [1.165, 1.54) is 11.1 Å². The predicted octanol–water partition coefficient (Wildman–Crippen LogP) is 2.47. The second-order valence-corrected chi connectivity index (χ2v) is 7.18. The first kappa shape index (κ1) is 23.2. The number of likely N-dealkylation sites (tertiary alicyclic amines) is 1. The molecule has 1 fully saturated rings. The number of amides is 1. The van der Waals surface area contributed by atoms with Gasteiger partial charge in [-0.1, -0.05) is 24.3 Å². The Morgan fingerprint density at radius 2 is 1.93 bits per heavy atom. The summed E-state index contributed by atoms with van der Waals surface area (Å²) >= 11 is 0. The lowest BCUT2D eigenvalue weighted by Crippen LogP contribution is -2.45. The van der Waals surface area contributed by atoms with Crippen LogP contribution in [0.5, 0.6) is 0 Å². The van der Waals surface area contributed by atoms with Crippen molar-refractivity contribution in [1.82, 2.24) is 25.3 Å². The van der Waals surface area contributed by atoms with Crippen molar-refractivity contribution >= 4 is 35.8 Å². The Labute approximate surface area is 190 Å². The van der Waals surface area contributed by atoms with Gasteiger partial charge in [-0.05, 0) is 36.0 Å². The standard InChI is InChI=1S/C21H30N6O.HI/c1-22-20(28)14-17-8-12-26(13-9-17)21(23-2)24-15-18-6-3-4-7-19(18)16-27-11-5-10-25-27;/h3-7,10-11,17H,8-9,12-16H2,1-2H3,(H,22,28)(H,23,24);1H. The molecule has 2 N–H and O–H groups in total. The first-order valence-corrected chi connectivity index (χ1v) is 9.90. The lowest BCUT2D eigenvalue weighted by atomic mass is 9.93. The Balaban J connectivity index is 0.00000300. The fourth-order valence-corrected chi connectivity index (χ4v) is 3.67. The summed E-state index contributed by atoms with van der Waals surface area (Å²) in [5, 5.41) is 10.5. The highest BCUT2D eigenvalue weighted by molar-refractivity contribution is 14.0. The molecule has 0 atom stereocenters. The second kappa shape index (κ2) is 11.8. The highest BCUT2D eigenvalue weighted by Crippen LogP contribution is 2.20. The molecule has 1 aromatic carbocycles. The van der Waals surface area contributed by atoms with Gasteiger partial charge in [-0.3, -0.25) is 14.5 Å². The van der Waals surface area contributed by atoms with E-state index in [0.29, 0.717) is 12.3 Å². The molecule has 29 heavy (non-hydrogen) atoms. The number of nitrogens with zero attached hydrogens (tertiary/aromatic N) is 4. The largest absolute Gasteiger partial charge is 0.359 e. The van der Waals surface area contributed by atoms with Gasteiger partial charge in [0.15, 0.2) is 5.96 Å². The summed E-state index contributed by atoms with van der Waals surface area (Å²) in [6, 6.07) is 10.4. The van der Waals surface area contributed by atoms with Crippen molar-refractivity contribution in [1.29, 1.82) is 0 Å². The number of carbonyl (C=O) groups is 1. The normalized spacial score (nSPS) is 15.0. The van der Waals surface area contributed by atoms with E-state index in [9.17, 15) is 4.79 Å². The molecule has 0 bridgehead atoms. The van der Waals surface area contributed by atoms with Gasteiger partial charge in [0.25, 0.3) is 0 Å². The van der Waals surface area contributed by atoms with E-state index in [1.54, 1.807) is 13.2 Å². The Bertz CT molecular complexity index is 784. The van der Waals surface area contributed by atoms with E-state index >= 15 is 0 Å². The lowest BCUT2D eigenvalue weighted by Gasteiger charge is -2.34. The van der Waals surface area contributed by atoms with E-state index in [1.807, 2.05) is 24.0 Å². The number of rotatable bonds is 6. The molecular weight excluding hydrogens is 479 g/mol. The zero-order valence-electron chi connectivity index (χ0n) is 17.2. The van der Waals surface area contributed by atoms with Gasteiger partial charge in [0.2, 0.25) is 5.91 Å². The smallest absolute Gasteiger partial charge is 0.220 e. The summed E-state index contributed by atoms with van der Waals surface area (Å²) in [6.45, 7) is 3.34. The molecule has 0 aliphatic carbocycles. The van der Waals surface area contributed by atoms with Crippen molar-refractivity contribution in [2.24, 2.45) is 10.9 Å². The SMILES string of the molecule is CN=C(NCc1ccccc1Cn1cccn1)N1CCC(CC(=O)NC)CC1.I. The summed E-state index contributed by atoms with van der Waals surface area (Å²) < 4.78 is 1.94. The maximum absolute atomic E-state index is 11.6. The number of nitrogens with one attached hydrogen (secondary N) is 2. The molecule has 0 spiro atoms. The van der Waals surface area contributed by atoms with Gasteiger partial charge in [0.1, 0.15) is 0 Å². The molecule has 2 heterocycles. The summed E-state index contributed by atoms with van der Waals surface area (Å²) in [4.78, 5) is 18.3. The number of carbonyl (C=O) groups excluding carboxylic acids is 1. The first-order chi connectivity index (χ1) is 13.7. The number of hydrogen-bond acceptors (Lipinski definition) is 3. The van der Waals surface area contributed by atoms with Crippen LogP contribution >= 0.6 is 24.0 Å². The quantitative estimate of drug-likeness (QED) is 0.356.